The first kappa shape index (κ1) is 20.2. The third-order valence-corrected chi connectivity index (χ3v) is 5.96. The summed E-state index contributed by atoms with van der Waals surface area (Å²) in [6.45, 7) is 0.502. The lowest BCUT2D eigenvalue weighted by Gasteiger charge is -2.26. The van der Waals surface area contributed by atoms with Crippen LogP contribution in [0.2, 0.25) is 0 Å². The molecule has 0 saturated carbocycles. The van der Waals surface area contributed by atoms with Crippen LogP contribution in [0.4, 0.5) is 4.39 Å². The zero-order valence-corrected chi connectivity index (χ0v) is 17.1. The standard InChI is InChI=1S/C23H25FN2O4/c1-29-16-8-9-17(21(13-16)30-2)23(28)26-11-3-4-20(26)22(27)25-19-10-6-14-5-7-15(24)12-18(14)19/h5,7-9,12-13,19-20H,3-4,6,10-11H2,1-2H3,(H,25,27). The summed E-state index contributed by atoms with van der Waals surface area (Å²) < 4.78 is 24.2. The van der Waals surface area contributed by atoms with Crippen LogP contribution in [0.3, 0.4) is 0 Å². The van der Waals surface area contributed by atoms with Crippen molar-refractivity contribution in [2.45, 2.75) is 37.8 Å². The number of hydrogen-bond donors (Lipinski definition) is 1. The van der Waals surface area contributed by atoms with Gasteiger partial charge >= 0.3 is 0 Å². The number of halogens is 1. The Kier molecular flexibility index (Phi) is 5.61. The number of benzene rings is 2. The van der Waals surface area contributed by atoms with Crippen molar-refractivity contribution in [3.8, 4) is 11.5 Å². The lowest BCUT2D eigenvalue weighted by molar-refractivity contribution is -0.125. The number of likely N-dealkylation sites (tertiary alicyclic amines) is 1. The average molecular weight is 412 g/mol. The Morgan fingerprint density at radius 2 is 1.93 bits per heavy atom. The van der Waals surface area contributed by atoms with Gasteiger partial charge in [0, 0.05) is 12.6 Å². The van der Waals surface area contributed by atoms with Gasteiger partial charge in [0.2, 0.25) is 5.91 Å². The van der Waals surface area contributed by atoms with Gasteiger partial charge in [-0.15, -0.1) is 0 Å². The van der Waals surface area contributed by atoms with Crippen LogP contribution in [-0.4, -0.2) is 43.5 Å². The van der Waals surface area contributed by atoms with Crippen molar-refractivity contribution in [3.05, 3.63) is 58.9 Å². The molecule has 0 aromatic heterocycles. The molecule has 2 amide bonds. The molecule has 1 aliphatic heterocycles. The van der Waals surface area contributed by atoms with E-state index >= 15 is 0 Å². The molecule has 158 valence electrons. The Hall–Kier alpha value is -3.09. The van der Waals surface area contributed by atoms with Crippen LogP contribution in [0.15, 0.2) is 36.4 Å². The van der Waals surface area contributed by atoms with Gasteiger partial charge in [0.25, 0.3) is 5.91 Å². The number of ether oxygens (including phenoxy) is 2. The lowest BCUT2D eigenvalue weighted by Crippen LogP contribution is -2.46. The molecule has 1 aliphatic carbocycles. The Bertz CT molecular complexity index is 978. The number of nitrogens with zero attached hydrogens (tertiary/aromatic N) is 1. The van der Waals surface area contributed by atoms with Gasteiger partial charge in [0.05, 0.1) is 25.8 Å². The highest BCUT2D eigenvalue weighted by Crippen LogP contribution is 2.33. The second-order valence-corrected chi connectivity index (χ2v) is 7.67. The number of methoxy groups -OCH3 is 2. The van der Waals surface area contributed by atoms with E-state index in [1.807, 2.05) is 0 Å². The number of carbonyl (C=O) groups excluding carboxylic acids is 2. The van der Waals surface area contributed by atoms with Gasteiger partial charge in [-0.25, -0.2) is 4.39 Å². The SMILES string of the molecule is COc1ccc(C(=O)N2CCCC2C(=O)NC2CCc3ccc(F)cc32)c(OC)c1. The summed E-state index contributed by atoms with van der Waals surface area (Å²) in [5.74, 6) is 0.247. The first-order valence-corrected chi connectivity index (χ1v) is 10.1. The zero-order valence-electron chi connectivity index (χ0n) is 17.1. The molecule has 4 rings (SSSR count). The monoisotopic (exact) mass is 412 g/mol. The van der Waals surface area contributed by atoms with Crippen LogP contribution in [0.25, 0.3) is 0 Å². The Labute approximate surface area is 175 Å². The molecular weight excluding hydrogens is 387 g/mol. The molecule has 2 aliphatic rings. The minimum Gasteiger partial charge on any atom is -0.497 e. The molecule has 1 heterocycles. The minimum atomic E-state index is -0.554. The van der Waals surface area contributed by atoms with E-state index in [0.717, 1.165) is 30.4 Å². The van der Waals surface area contributed by atoms with Crippen molar-refractivity contribution >= 4 is 11.8 Å². The number of amides is 2. The van der Waals surface area contributed by atoms with Crippen molar-refractivity contribution in [1.82, 2.24) is 10.2 Å². The Balaban J connectivity index is 1.51. The number of carbonyl (C=O) groups is 2. The van der Waals surface area contributed by atoms with E-state index in [1.165, 1.54) is 19.2 Å². The van der Waals surface area contributed by atoms with Crippen molar-refractivity contribution in [1.29, 1.82) is 0 Å². The molecule has 0 radical (unpaired) electrons. The van der Waals surface area contributed by atoms with E-state index in [0.29, 0.717) is 30.0 Å². The predicted octanol–water partition coefficient (Wildman–Crippen LogP) is 3.25. The third kappa shape index (κ3) is 3.72. The van der Waals surface area contributed by atoms with Crippen LogP contribution >= 0.6 is 0 Å². The highest BCUT2D eigenvalue weighted by Gasteiger charge is 2.37. The molecule has 1 N–H and O–H groups in total. The summed E-state index contributed by atoms with van der Waals surface area (Å²) in [5, 5.41) is 3.04. The van der Waals surface area contributed by atoms with Gasteiger partial charge in [0.15, 0.2) is 0 Å². The first-order valence-electron chi connectivity index (χ1n) is 10.1. The maximum atomic E-state index is 13.7. The zero-order chi connectivity index (χ0) is 21.3. The smallest absolute Gasteiger partial charge is 0.258 e. The highest BCUT2D eigenvalue weighted by atomic mass is 19.1. The summed E-state index contributed by atoms with van der Waals surface area (Å²) in [6, 6.07) is 8.95. The molecule has 2 aromatic rings. The van der Waals surface area contributed by atoms with E-state index in [1.54, 1.807) is 36.3 Å². The van der Waals surface area contributed by atoms with Crippen LogP contribution in [0.1, 0.15) is 46.8 Å². The first-order chi connectivity index (χ1) is 14.5. The third-order valence-electron chi connectivity index (χ3n) is 5.96. The molecule has 2 atom stereocenters. The molecule has 2 aromatic carbocycles. The molecule has 1 saturated heterocycles. The number of aryl methyl sites for hydroxylation is 1. The Morgan fingerprint density at radius 3 is 2.70 bits per heavy atom. The van der Waals surface area contributed by atoms with Crippen LogP contribution in [0, 0.1) is 5.82 Å². The van der Waals surface area contributed by atoms with Gasteiger partial charge in [-0.3, -0.25) is 9.59 Å². The summed E-state index contributed by atoms with van der Waals surface area (Å²) in [4.78, 5) is 27.8. The van der Waals surface area contributed by atoms with Gasteiger partial charge < -0.3 is 19.7 Å². The largest absolute Gasteiger partial charge is 0.497 e. The van der Waals surface area contributed by atoms with E-state index in [2.05, 4.69) is 5.32 Å². The summed E-state index contributed by atoms with van der Waals surface area (Å²) in [6.07, 6.45) is 2.88. The van der Waals surface area contributed by atoms with Crippen molar-refractivity contribution in [2.24, 2.45) is 0 Å². The predicted molar refractivity (Wildman–Crippen MR) is 109 cm³/mol. The van der Waals surface area contributed by atoms with Crippen molar-refractivity contribution in [2.75, 3.05) is 20.8 Å². The van der Waals surface area contributed by atoms with Gasteiger partial charge in [-0.1, -0.05) is 6.07 Å². The molecule has 2 unspecified atom stereocenters. The fourth-order valence-electron chi connectivity index (χ4n) is 4.40. The van der Waals surface area contributed by atoms with Crippen LogP contribution < -0.4 is 14.8 Å². The maximum Gasteiger partial charge on any atom is 0.258 e. The second kappa shape index (κ2) is 8.34. The van der Waals surface area contributed by atoms with E-state index in [-0.39, 0.29) is 23.7 Å². The lowest BCUT2D eigenvalue weighted by atomic mass is 10.1. The summed E-state index contributed by atoms with van der Waals surface area (Å²) >= 11 is 0. The van der Waals surface area contributed by atoms with Crippen molar-refractivity contribution < 1.29 is 23.5 Å². The number of nitrogens with one attached hydrogen (secondary N) is 1. The molecule has 0 bridgehead atoms. The van der Waals surface area contributed by atoms with Gasteiger partial charge in [-0.05, 0) is 61.1 Å². The summed E-state index contributed by atoms with van der Waals surface area (Å²) in [7, 11) is 3.04. The minimum absolute atomic E-state index is 0.199. The highest BCUT2D eigenvalue weighted by molar-refractivity contribution is 6.00. The number of rotatable bonds is 5. The van der Waals surface area contributed by atoms with Crippen LogP contribution in [0.5, 0.6) is 11.5 Å². The normalized spacial score (nSPS) is 20.0. The summed E-state index contributed by atoms with van der Waals surface area (Å²) in [5.41, 5.74) is 2.28. The average Bonchev–Trinajstić information content (AvgIpc) is 3.40. The fourth-order valence-corrected chi connectivity index (χ4v) is 4.40. The fraction of sp³-hybridized carbons (Fsp3) is 0.391. The number of fused-ring (bicyclic) bond motifs is 1. The Morgan fingerprint density at radius 1 is 1.10 bits per heavy atom. The van der Waals surface area contributed by atoms with E-state index in [4.69, 9.17) is 9.47 Å². The van der Waals surface area contributed by atoms with E-state index < -0.39 is 6.04 Å². The number of hydrogen-bond acceptors (Lipinski definition) is 4. The van der Waals surface area contributed by atoms with Crippen molar-refractivity contribution in [3.63, 3.8) is 0 Å². The van der Waals surface area contributed by atoms with Gasteiger partial charge in [0.1, 0.15) is 23.4 Å². The molecule has 1 fully saturated rings. The molecular formula is C23H25FN2O4. The maximum absolute atomic E-state index is 13.7. The molecule has 30 heavy (non-hydrogen) atoms. The molecule has 7 heteroatoms. The van der Waals surface area contributed by atoms with Gasteiger partial charge in [-0.2, -0.15) is 0 Å². The van der Waals surface area contributed by atoms with Crippen LogP contribution in [-0.2, 0) is 11.2 Å². The molecule has 0 spiro atoms. The topological polar surface area (TPSA) is 67.9 Å². The quantitative estimate of drug-likeness (QED) is 0.819. The van der Waals surface area contributed by atoms with E-state index in [9.17, 15) is 14.0 Å². The molecule has 6 nitrogen and oxygen atoms in total. The second-order valence-electron chi connectivity index (χ2n) is 7.67.